The summed E-state index contributed by atoms with van der Waals surface area (Å²) in [5.74, 6) is -0.578. The molecule has 2 rings (SSSR count). The molecule has 3 atom stereocenters. The number of halogens is 3. The van der Waals surface area contributed by atoms with Crippen LogP contribution in [-0.4, -0.2) is 44.5 Å². The van der Waals surface area contributed by atoms with Crippen LogP contribution < -0.4 is 0 Å². The Labute approximate surface area is 181 Å². The first kappa shape index (κ1) is 24.9. The number of hydrogen-bond donors (Lipinski definition) is 2. The maximum Gasteiger partial charge on any atom is 0.389 e. The highest BCUT2D eigenvalue weighted by Crippen LogP contribution is 2.36. The Kier molecular flexibility index (Phi) is 8.93. The number of aromatic nitrogens is 1. The molecule has 1 aliphatic rings. The predicted octanol–water partition coefficient (Wildman–Crippen LogP) is 5.35. The molecule has 0 spiro atoms. The van der Waals surface area contributed by atoms with Gasteiger partial charge in [0.15, 0.2) is 10.0 Å². The van der Waals surface area contributed by atoms with Crippen molar-refractivity contribution in [2.75, 3.05) is 5.75 Å². The molecule has 168 valence electrons. The van der Waals surface area contributed by atoms with E-state index in [4.69, 9.17) is 5.11 Å². The van der Waals surface area contributed by atoms with Crippen molar-refractivity contribution >= 4 is 34.9 Å². The van der Waals surface area contributed by atoms with Gasteiger partial charge in [0.25, 0.3) is 0 Å². The molecule has 1 unspecified atom stereocenters. The Hall–Kier alpha value is -1.39. The summed E-state index contributed by atoms with van der Waals surface area (Å²) in [4.78, 5) is 27.2. The van der Waals surface area contributed by atoms with E-state index >= 15 is 0 Å². The minimum atomic E-state index is -4.23. The molecule has 0 amide bonds. The van der Waals surface area contributed by atoms with Crippen LogP contribution >= 0.6 is 23.1 Å². The largest absolute Gasteiger partial charge is 0.476 e. The van der Waals surface area contributed by atoms with E-state index in [-0.39, 0.29) is 36.2 Å². The summed E-state index contributed by atoms with van der Waals surface area (Å²) in [6.45, 7) is 1.73. The van der Waals surface area contributed by atoms with Gasteiger partial charge in [-0.3, -0.25) is 4.79 Å². The average molecular weight is 466 g/mol. The van der Waals surface area contributed by atoms with Gasteiger partial charge in [-0.05, 0) is 38.0 Å². The number of carboxylic acids is 1. The first-order chi connectivity index (χ1) is 14.0. The molecule has 10 heteroatoms. The third-order valence-corrected chi connectivity index (χ3v) is 7.40. The zero-order valence-corrected chi connectivity index (χ0v) is 18.3. The Bertz CT molecular complexity index is 765. The summed E-state index contributed by atoms with van der Waals surface area (Å²) in [6, 6.07) is 0. The van der Waals surface area contributed by atoms with Gasteiger partial charge in [-0.15, -0.1) is 11.3 Å². The Morgan fingerprint density at radius 2 is 2.13 bits per heavy atom. The van der Waals surface area contributed by atoms with Crippen molar-refractivity contribution in [3.8, 4) is 0 Å². The zero-order chi connectivity index (χ0) is 22.4. The molecule has 0 saturated heterocycles. The summed E-state index contributed by atoms with van der Waals surface area (Å²) < 4.78 is 37.7. The van der Waals surface area contributed by atoms with Gasteiger partial charge in [0.2, 0.25) is 0 Å². The number of carbonyl (C=O) groups is 2. The minimum absolute atomic E-state index is 0.00428. The molecule has 0 aromatic carbocycles. The van der Waals surface area contributed by atoms with Crippen molar-refractivity contribution in [1.29, 1.82) is 0 Å². The summed E-state index contributed by atoms with van der Waals surface area (Å²) in [5.41, 5.74) is -1.30. The van der Waals surface area contributed by atoms with Gasteiger partial charge in [0, 0.05) is 29.9 Å². The van der Waals surface area contributed by atoms with Crippen LogP contribution in [0.5, 0.6) is 0 Å². The van der Waals surface area contributed by atoms with E-state index in [1.807, 2.05) is 0 Å². The molecule has 1 fully saturated rings. The molecule has 1 heterocycles. The van der Waals surface area contributed by atoms with Crippen molar-refractivity contribution < 1.29 is 33.0 Å². The number of Topliss-reactive ketones (excluding diaryl/α,β-unsaturated/α-hetero) is 1. The van der Waals surface area contributed by atoms with Crippen molar-refractivity contribution in [3.63, 3.8) is 0 Å². The number of ketones is 1. The molecule has 1 saturated carbocycles. The molecule has 1 aliphatic carbocycles. The van der Waals surface area contributed by atoms with Gasteiger partial charge < -0.3 is 10.2 Å². The van der Waals surface area contributed by atoms with Gasteiger partial charge >= 0.3 is 12.1 Å². The van der Waals surface area contributed by atoms with Crippen molar-refractivity contribution in [2.45, 2.75) is 68.0 Å². The standard InChI is InChI=1S/C20H26F3NO4S2/c1-2-19(28,8-3-9-20(21,22)23)10-6-13-4-5-16(25)14(13)7-11-29-18-24-15(12-30-18)17(26)27/h6,10,12-14,28H,2-5,7-9,11H2,1H3,(H,26,27)/b10-6+/t13-,14-,19?/m1/s1. The Balaban J connectivity index is 1.89. The molecule has 0 bridgehead atoms. The maximum atomic E-state index is 12.4. The molecule has 5 nitrogen and oxygen atoms in total. The smallest absolute Gasteiger partial charge is 0.389 e. The van der Waals surface area contributed by atoms with E-state index in [1.165, 1.54) is 28.5 Å². The maximum absolute atomic E-state index is 12.4. The summed E-state index contributed by atoms with van der Waals surface area (Å²) >= 11 is 2.65. The monoisotopic (exact) mass is 465 g/mol. The molecule has 30 heavy (non-hydrogen) atoms. The van der Waals surface area contributed by atoms with E-state index in [2.05, 4.69) is 4.98 Å². The lowest BCUT2D eigenvalue weighted by molar-refractivity contribution is -0.137. The third kappa shape index (κ3) is 7.70. The van der Waals surface area contributed by atoms with E-state index in [0.717, 1.165) is 0 Å². The van der Waals surface area contributed by atoms with Crippen LogP contribution in [-0.2, 0) is 4.79 Å². The fourth-order valence-corrected chi connectivity index (χ4v) is 5.40. The fourth-order valence-electron chi connectivity index (χ4n) is 3.51. The highest BCUT2D eigenvalue weighted by molar-refractivity contribution is 8.01. The van der Waals surface area contributed by atoms with Gasteiger partial charge in [-0.25, -0.2) is 9.78 Å². The predicted molar refractivity (Wildman–Crippen MR) is 110 cm³/mol. The zero-order valence-electron chi connectivity index (χ0n) is 16.7. The average Bonchev–Trinajstić information content (AvgIpc) is 3.27. The molecule has 1 aromatic rings. The fraction of sp³-hybridized carbons (Fsp3) is 0.650. The topological polar surface area (TPSA) is 87.5 Å². The van der Waals surface area contributed by atoms with Crippen molar-refractivity contribution in [2.24, 2.45) is 11.8 Å². The highest BCUT2D eigenvalue weighted by Gasteiger charge is 2.34. The van der Waals surface area contributed by atoms with Gasteiger partial charge in [0.05, 0.1) is 5.60 Å². The molecule has 0 aliphatic heterocycles. The van der Waals surface area contributed by atoms with Gasteiger partial charge in [-0.1, -0.05) is 30.8 Å². The lowest BCUT2D eigenvalue weighted by Crippen LogP contribution is -2.26. The normalized spacial score (nSPS) is 22.0. The number of aliphatic hydroxyl groups is 1. The van der Waals surface area contributed by atoms with Crippen LogP contribution in [0.2, 0.25) is 0 Å². The second kappa shape index (κ2) is 10.8. The Morgan fingerprint density at radius 3 is 2.73 bits per heavy atom. The third-order valence-electron chi connectivity index (χ3n) is 5.35. The Morgan fingerprint density at radius 1 is 1.40 bits per heavy atom. The second-order valence-corrected chi connectivity index (χ2v) is 9.70. The van der Waals surface area contributed by atoms with E-state index in [1.54, 1.807) is 19.1 Å². The summed E-state index contributed by atoms with van der Waals surface area (Å²) in [7, 11) is 0. The number of alkyl halides is 3. The molecule has 0 radical (unpaired) electrons. The summed E-state index contributed by atoms with van der Waals surface area (Å²) in [5, 5.41) is 21.0. The van der Waals surface area contributed by atoms with Crippen LogP contribution in [0.25, 0.3) is 0 Å². The van der Waals surface area contributed by atoms with Gasteiger partial charge in [0.1, 0.15) is 5.78 Å². The van der Waals surface area contributed by atoms with E-state index in [9.17, 15) is 27.9 Å². The van der Waals surface area contributed by atoms with Crippen LogP contribution in [0.3, 0.4) is 0 Å². The molecule has 2 N–H and O–H groups in total. The number of carboxylic acid groups (broad SMARTS) is 1. The van der Waals surface area contributed by atoms with Crippen LogP contribution in [0.1, 0.15) is 62.4 Å². The first-order valence-electron chi connectivity index (χ1n) is 9.86. The molecular formula is C20H26F3NO4S2. The minimum Gasteiger partial charge on any atom is -0.476 e. The SMILES string of the molecule is CCC(O)(/C=C/[C@H]1CCC(=O)[C@@H]1CCSc1nc(C(=O)O)cs1)CCCC(F)(F)F. The number of carbonyl (C=O) groups excluding carboxylic acids is 1. The quantitative estimate of drug-likeness (QED) is 0.338. The molecule has 1 aromatic heterocycles. The van der Waals surface area contributed by atoms with Gasteiger partial charge in [-0.2, -0.15) is 13.2 Å². The van der Waals surface area contributed by atoms with E-state index in [0.29, 0.717) is 35.8 Å². The van der Waals surface area contributed by atoms with E-state index < -0.39 is 24.2 Å². The van der Waals surface area contributed by atoms with Crippen LogP contribution in [0, 0.1) is 11.8 Å². The number of thioether (sulfide) groups is 1. The summed E-state index contributed by atoms with van der Waals surface area (Å²) in [6.07, 6.45) is 0.0992. The highest BCUT2D eigenvalue weighted by atomic mass is 32.2. The number of nitrogens with zero attached hydrogens (tertiary/aromatic N) is 1. The number of thiazole rings is 1. The number of rotatable bonds is 11. The van der Waals surface area contributed by atoms with Crippen LogP contribution in [0.4, 0.5) is 13.2 Å². The van der Waals surface area contributed by atoms with Crippen molar-refractivity contribution in [1.82, 2.24) is 4.98 Å². The van der Waals surface area contributed by atoms with Crippen molar-refractivity contribution in [3.05, 3.63) is 23.2 Å². The molecular weight excluding hydrogens is 439 g/mol. The first-order valence-corrected chi connectivity index (χ1v) is 11.7. The van der Waals surface area contributed by atoms with Crippen LogP contribution in [0.15, 0.2) is 21.9 Å². The number of hydrogen-bond acceptors (Lipinski definition) is 6. The number of aromatic carboxylic acids is 1. The lowest BCUT2D eigenvalue weighted by Gasteiger charge is -2.24. The second-order valence-electron chi connectivity index (χ2n) is 7.50. The number of allylic oxidation sites excluding steroid dienone is 1. The lowest BCUT2D eigenvalue weighted by atomic mass is 9.88.